The summed E-state index contributed by atoms with van der Waals surface area (Å²) >= 11 is 0. The Morgan fingerprint density at radius 2 is 1.38 bits per heavy atom. The summed E-state index contributed by atoms with van der Waals surface area (Å²) in [6.07, 6.45) is 4.08. The van der Waals surface area contributed by atoms with Crippen LogP contribution in [0.1, 0.15) is 33.1 Å². The fourth-order valence-corrected chi connectivity index (χ4v) is 0.354. The predicted octanol–water partition coefficient (Wildman–Crippen LogP) is 2.59. The third kappa shape index (κ3) is 9.62. The van der Waals surface area contributed by atoms with Gasteiger partial charge in [0.25, 0.3) is 0 Å². The van der Waals surface area contributed by atoms with Crippen LogP contribution >= 0.6 is 0 Å². The lowest BCUT2D eigenvalue weighted by Gasteiger charge is -1.97. The maximum absolute atomic E-state index is 10.7. The van der Waals surface area contributed by atoms with Crippen LogP contribution in [0.3, 0.4) is 0 Å². The van der Waals surface area contributed by atoms with Gasteiger partial charge in [0.2, 0.25) is 0 Å². The molecule has 0 radical (unpaired) electrons. The Morgan fingerprint density at radius 1 is 1.15 bits per heavy atom. The monoisotopic (exact) mass is 222 g/mol. The van der Waals surface area contributed by atoms with Crippen LogP contribution < -0.4 is 0 Å². The van der Waals surface area contributed by atoms with E-state index in [0.29, 0.717) is 0 Å². The molecule has 3 nitrogen and oxygen atoms in total. The molecular formula is C6H13F3O3S. The molecule has 0 amide bonds. The molecule has 0 atom stereocenters. The average Bonchev–Trinajstić information content (AvgIpc) is 1.85. The minimum atomic E-state index is -5.84. The van der Waals surface area contributed by atoms with Gasteiger partial charge in [-0.15, -0.1) is 0 Å². The van der Waals surface area contributed by atoms with Gasteiger partial charge < -0.3 is 0 Å². The van der Waals surface area contributed by atoms with E-state index < -0.39 is 15.6 Å². The molecule has 0 rings (SSSR count). The Bertz CT molecular complexity index is 206. The highest BCUT2D eigenvalue weighted by Gasteiger charge is 2.44. The van der Waals surface area contributed by atoms with Crippen LogP contribution in [0.15, 0.2) is 0 Å². The molecule has 0 aromatic heterocycles. The molecule has 0 spiro atoms. The molecule has 0 heterocycles. The zero-order valence-electron chi connectivity index (χ0n) is 7.43. The summed E-state index contributed by atoms with van der Waals surface area (Å²) in [6, 6.07) is 0. The first kappa shape index (κ1) is 15.2. The molecule has 0 aromatic rings. The van der Waals surface area contributed by atoms with Crippen molar-refractivity contribution in [2.75, 3.05) is 0 Å². The lowest BCUT2D eigenvalue weighted by Crippen LogP contribution is -2.21. The summed E-state index contributed by atoms with van der Waals surface area (Å²) in [5.41, 5.74) is -5.53. The van der Waals surface area contributed by atoms with Gasteiger partial charge in [0.1, 0.15) is 0 Å². The predicted molar refractivity (Wildman–Crippen MR) is 42.8 cm³/mol. The first-order valence-corrected chi connectivity index (χ1v) is 5.14. The zero-order valence-corrected chi connectivity index (χ0v) is 8.24. The molecule has 0 aliphatic rings. The molecule has 13 heavy (non-hydrogen) atoms. The molecule has 0 saturated heterocycles. The third-order valence-electron chi connectivity index (χ3n) is 1.000. The molecule has 0 aliphatic heterocycles. The van der Waals surface area contributed by atoms with Gasteiger partial charge in [0, 0.05) is 0 Å². The van der Waals surface area contributed by atoms with Gasteiger partial charge in [-0.05, 0) is 0 Å². The molecule has 0 aromatic carbocycles. The number of halogens is 3. The minimum Gasteiger partial charge on any atom is -0.279 e. The van der Waals surface area contributed by atoms with Crippen LogP contribution in [0.4, 0.5) is 13.2 Å². The topological polar surface area (TPSA) is 54.4 Å². The molecule has 7 heteroatoms. The highest BCUT2D eigenvalue weighted by atomic mass is 32.2. The van der Waals surface area contributed by atoms with Gasteiger partial charge in [0.15, 0.2) is 0 Å². The lowest BCUT2D eigenvalue weighted by molar-refractivity contribution is -0.0510. The van der Waals surface area contributed by atoms with E-state index in [1.54, 1.807) is 0 Å². The first-order chi connectivity index (χ1) is 5.66. The van der Waals surface area contributed by atoms with Gasteiger partial charge in [-0.2, -0.15) is 21.6 Å². The maximum Gasteiger partial charge on any atom is 0.522 e. The largest absolute Gasteiger partial charge is 0.522 e. The van der Waals surface area contributed by atoms with Crippen LogP contribution in [-0.2, 0) is 10.1 Å². The Labute approximate surface area is 75.7 Å². The molecule has 0 saturated carbocycles. The normalized spacial score (nSPS) is 11.8. The van der Waals surface area contributed by atoms with Crippen molar-refractivity contribution < 1.29 is 26.1 Å². The smallest absolute Gasteiger partial charge is 0.279 e. The van der Waals surface area contributed by atoms with Gasteiger partial charge in [-0.25, -0.2) is 0 Å². The summed E-state index contributed by atoms with van der Waals surface area (Å²) in [4.78, 5) is 0. The van der Waals surface area contributed by atoms with Crippen molar-refractivity contribution in [2.45, 2.75) is 38.6 Å². The van der Waals surface area contributed by atoms with Gasteiger partial charge in [-0.3, -0.25) is 4.55 Å². The van der Waals surface area contributed by atoms with Gasteiger partial charge in [-0.1, -0.05) is 33.1 Å². The molecular weight excluding hydrogens is 209 g/mol. The van der Waals surface area contributed by atoms with Crippen LogP contribution in [0.25, 0.3) is 0 Å². The molecule has 0 unspecified atom stereocenters. The Kier molecular flexibility index (Phi) is 7.24. The van der Waals surface area contributed by atoms with Crippen molar-refractivity contribution >= 4 is 10.1 Å². The van der Waals surface area contributed by atoms with Crippen molar-refractivity contribution in [3.63, 3.8) is 0 Å². The number of unbranched alkanes of at least 4 members (excludes halogenated alkanes) is 2. The number of hydrogen-bond acceptors (Lipinski definition) is 2. The molecule has 0 bridgehead atoms. The van der Waals surface area contributed by atoms with Crippen molar-refractivity contribution in [3.05, 3.63) is 0 Å². The second kappa shape index (κ2) is 6.20. The molecule has 0 aliphatic carbocycles. The second-order valence-electron chi connectivity index (χ2n) is 2.27. The van der Waals surface area contributed by atoms with E-state index in [0.717, 1.165) is 0 Å². The average molecular weight is 222 g/mol. The van der Waals surface area contributed by atoms with Crippen LogP contribution in [0.5, 0.6) is 0 Å². The van der Waals surface area contributed by atoms with E-state index in [1.807, 2.05) is 0 Å². The maximum atomic E-state index is 10.7. The number of hydrogen-bond donors (Lipinski definition) is 1. The summed E-state index contributed by atoms with van der Waals surface area (Å²) in [5, 5.41) is 0. The van der Waals surface area contributed by atoms with Crippen LogP contribution in [0.2, 0.25) is 0 Å². The standard InChI is InChI=1S/C5H12.CHF3O3S/c1-3-5-4-2;2-1(3,4)8(5,6)7/h3-5H2,1-2H3;(H,5,6,7). The Morgan fingerprint density at radius 3 is 1.38 bits per heavy atom. The Hall–Kier alpha value is -0.300. The lowest BCUT2D eigenvalue weighted by atomic mass is 10.3. The molecule has 1 N–H and O–H groups in total. The summed E-state index contributed by atoms with van der Waals surface area (Å²) in [7, 11) is -5.84. The quantitative estimate of drug-likeness (QED) is 0.577. The van der Waals surface area contributed by atoms with Crippen molar-refractivity contribution in [1.29, 1.82) is 0 Å². The van der Waals surface area contributed by atoms with E-state index in [9.17, 15) is 13.2 Å². The van der Waals surface area contributed by atoms with E-state index >= 15 is 0 Å². The van der Waals surface area contributed by atoms with E-state index in [1.165, 1.54) is 19.3 Å². The fourth-order valence-electron chi connectivity index (χ4n) is 0.354. The number of rotatable bonds is 2. The van der Waals surface area contributed by atoms with Crippen LogP contribution in [0, 0.1) is 0 Å². The van der Waals surface area contributed by atoms with Crippen molar-refractivity contribution in [3.8, 4) is 0 Å². The SMILES string of the molecule is CCCCC.O=S(=O)(O)C(F)(F)F. The molecule has 0 fully saturated rings. The van der Waals surface area contributed by atoms with E-state index in [4.69, 9.17) is 13.0 Å². The third-order valence-corrected chi connectivity index (χ3v) is 1.58. The van der Waals surface area contributed by atoms with Gasteiger partial charge >= 0.3 is 15.6 Å². The van der Waals surface area contributed by atoms with E-state index in [2.05, 4.69) is 13.8 Å². The summed E-state index contributed by atoms with van der Waals surface area (Å²) in [5.74, 6) is 0. The van der Waals surface area contributed by atoms with Crippen molar-refractivity contribution in [1.82, 2.24) is 0 Å². The minimum absolute atomic E-state index is 1.34. The van der Waals surface area contributed by atoms with E-state index in [-0.39, 0.29) is 0 Å². The summed E-state index contributed by atoms with van der Waals surface area (Å²) in [6.45, 7) is 4.42. The van der Waals surface area contributed by atoms with Crippen molar-refractivity contribution in [2.24, 2.45) is 0 Å². The van der Waals surface area contributed by atoms with Crippen LogP contribution in [-0.4, -0.2) is 18.5 Å². The van der Waals surface area contributed by atoms with Gasteiger partial charge in [0.05, 0.1) is 0 Å². The zero-order chi connectivity index (χ0) is 11.1. The molecule has 82 valence electrons. The highest BCUT2D eigenvalue weighted by molar-refractivity contribution is 7.86. The summed E-state index contributed by atoms with van der Waals surface area (Å²) < 4.78 is 57.5. The number of alkyl halides is 3. The Balaban J connectivity index is 0. The fraction of sp³-hybridized carbons (Fsp3) is 1.00. The first-order valence-electron chi connectivity index (χ1n) is 3.70. The second-order valence-corrected chi connectivity index (χ2v) is 3.69. The highest BCUT2D eigenvalue weighted by Crippen LogP contribution is 2.20.